The lowest BCUT2D eigenvalue weighted by Gasteiger charge is -2.20. The van der Waals surface area contributed by atoms with Gasteiger partial charge in [0.05, 0.1) is 0 Å². The number of halogens is 3. The van der Waals surface area contributed by atoms with Crippen molar-refractivity contribution in [3.63, 3.8) is 0 Å². The van der Waals surface area contributed by atoms with Gasteiger partial charge in [0.15, 0.2) is 11.3 Å². The molecule has 0 aliphatic rings. The number of nitrogens with zero attached hydrogens (tertiary/aromatic N) is 5. The van der Waals surface area contributed by atoms with Crippen LogP contribution in [0.4, 0.5) is 13.2 Å². The number of alkyl halides is 3. The highest BCUT2D eigenvalue weighted by atomic mass is 32.2. The van der Waals surface area contributed by atoms with Gasteiger partial charge >= 0.3 is 6.18 Å². The number of aliphatic hydroxyl groups excluding tert-OH is 1. The molecule has 0 unspecified atom stereocenters. The summed E-state index contributed by atoms with van der Waals surface area (Å²) >= 11 is 1.23. The van der Waals surface area contributed by atoms with E-state index >= 15 is 0 Å². The Morgan fingerprint density at radius 3 is 2.62 bits per heavy atom. The number of hydrogen-bond donors (Lipinski definition) is 1. The Bertz CT molecular complexity index is 893. The molecule has 0 fully saturated rings. The van der Waals surface area contributed by atoms with Crippen LogP contribution in [0.15, 0.2) is 23.4 Å². The van der Waals surface area contributed by atoms with Gasteiger partial charge in [0.1, 0.15) is 10.5 Å². The van der Waals surface area contributed by atoms with E-state index in [0.717, 1.165) is 4.40 Å². The maximum atomic E-state index is 13.2. The van der Waals surface area contributed by atoms with Crippen molar-refractivity contribution >= 4 is 28.6 Å². The molecule has 0 amide bonds. The molecule has 128 valence electrons. The van der Waals surface area contributed by atoms with Gasteiger partial charge < -0.3 is 5.11 Å². The molecule has 10 heteroatoms. The molecule has 3 rings (SSSR count). The molecule has 0 radical (unpaired) electrons. The van der Waals surface area contributed by atoms with E-state index in [-0.39, 0.29) is 17.9 Å². The molecule has 0 saturated heterocycles. The highest BCUT2D eigenvalue weighted by Crippen LogP contribution is 2.34. The summed E-state index contributed by atoms with van der Waals surface area (Å²) in [4.78, 5) is 8.36. The van der Waals surface area contributed by atoms with Crippen LogP contribution in [0.3, 0.4) is 0 Å². The standard InChI is InChI=1S/C14H14F3N5OS/c1-13(2,6-23)7-24-11-10-20-21-12(14(15,16)17)22(10)9-8(19-11)4-3-5-18-9/h3-5,23H,6-7H2,1-2H3. The number of thioether (sulfide) groups is 1. The predicted octanol–water partition coefficient (Wildman–Crippen LogP) is 2.80. The molecule has 0 aromatic carbocycles. The largest absolute Gasteiger partial charge is 0.452 e. The molecule has 0 bridgehead atoms. The van der Waals surface area contributed by atoms with Crippen LogP contribution in [0.25, 0.3) is 16.8 Å². The van der Waals surface area contributed by atoms with E-state index in [2.05, 4.69) is 20.2 Å². The lowest BCUT2D eigenvalue weighted by Crippen LogP contribution is -2.19. The average Bonchev–Trinajstić information content (AvgIpc) is 2.98. The van der Waals surface area contributed by atoms with Crippen LogP contribution in [-0.2, 0) is 6.18 Å². The van der Waals surface area contributed by atoms with Crippen molar-refractivity contribution in [2.45, 2.75) is 25.0 Å². The Morgan fingerprint density at radius 1 is 1.21 bits per heavy atom. The molecule has 3 heterocycles. The van der Waals surface area contributed by atoms with E-state index in [9.17, 15) is 18.3 Å². The summed E-state index contributed by atoms with van der Waals surface area (Å²) in [5.74, 6) is -0.668. The van der Waals surface area contributed by atoms with Gasteiger partial charge in [0.2, 0.25) is 5.82 Å². The first-order valence-corrected chi connectivity index (χ1v) is 8.02. The molecule has 3 aromatic rings. The third-order valence-corrected chi connectivity index (χ3v) is 4.81. The van der Waals surface area contributed by atoms with Gasteiger partial charge in [-0.05, 0) is 17.5 Å². The van der Waals surface area contributed by atoms with E-state index in [4.69, 9.17) is 0 Å². The Morgan fingerprint density at radius 2 is 1.96 bits per heavy atom. The van der Waals surface area contributed by atoms with Crippen LogP contribution in [-0.4, -0.2) is 42.0 Å². The van der Waals surface area contributed by atoms with Crippen molar-refractivity contribution < 1.29 is 18.3 Å². The second kappa shape index (κ2) is 5.85. The second-order valence-electron chi connectivity index (χ2n) is 6.05. The van der Waals surface area contributed by atoms with E-state index in [0.29, 0.717) is 16.3 Å². The molecule has 0 saturated carbocycles. The highest BCUT2D eigenvalue weighted by Gasteiger charge is 2.38. The summed E-state index contributed by atoms with van der Waals surface area (Å²) in [6, 6.07) is 3.19. The van der Waals surface area contributed by atoms with Crippen LogP contribution < -0.4 is 0 Å². The minimum Gasteiger partial charge on any atom is -0.396 e. The molecular formula is C14H14F3N5OS. The molecular weight excluding hydrogens is 343 g/mol. The predicted molar refractivity (Wildman–Crippen MR) is 82.7 cm³/mol. The van der Waals surface area contributed by atoms with Gasteiger partial charge in [-0.2, -0.15) is 13.2 Å². The zero-order valence-corrected chi connectivity index (χ0v) is 13.7. The van der Waals surface area contributed by atoms with Crippen molar-refractivity contribution in [3.8, 4) is 0 Å². The van der Waals surface area contributed by atoms with Crippen molar-refractivity contribution in [3.05, 3.63) is 24.2 Å². The fraction of sp³-hybridized carbons (Fsp3) is 0.429. The number of aliphatic hydroxyl groups is 1. The van der Waals surface area contributed by atoms with E-state index in [1.165, 1.54) is 18.0 Å². The van der Waals surface area contributed by atoms with Crippen LogP contribution >= 0.6 is 11.8 Å². The van der Waals surface area contributed by atoms with Crippen molar-refractivity contribution in [2.75, 3.05) is 12.4 Å². The van der Waals surface area contributed by atoms with Crippen LogP contribution in [0.1, 0.15) is 19.7 Å². The first kappa shape index (κ1) is 16.9. The maximum Gasteiger partial charge on any atom is 0.452 e. The third kappa shape index (κ3) is 3.03. The smallest absolute Gasteiger partial charge is 0.396 e. The van der Waals surface area contributed by atoms with Crippen LogP contribution in [0.5, 0.6) is 0 Å². The van der Waals surface area contributed by atoms with Crippen LogP contribution in [0.2, 0.25) is 0 Å². The van der Waals surface area contributed by atoms with Gasteiger partial charge in [0.25, 0.3) is 0 Å². The zero-order valence-electron chi connectivity index (χ0n) is 12.9. The Hall–Kier alpha value is -1.94. The molecule has 6 nitrogen and oxygen atoms in total. The molecule has 24 heavy (non-hydrogen) atoms. The highest BCUT2D eigenvalue weighted by molar-refractivity contribution is 7.99. The second-order valence-corrected chi connectivity index (χ2v) is 7.02. The summed E-state index contributed by atoms with van der Waals surface area (Å²) in [7, 11) is 0. The van der Waals surface area contributed by atoms with Crippen molar-refractivity contribution in [2.24, 2.45) is 5.41 Å². The minimum atomic E-state index is -4.66. The molecule has 3 aromatic heterocycles. The first-order valence-electron chi connectivity index (χ1n) is 7.04. The third-order valence-electron chi connectivity index (χ3n) is 3.34. The lowest BCUT2D eigenvalue weighted by molar-refractivity contribution is -0.145. The topological polar surface area (TPSA) is 76.2 Å². The van der Waals surface area contributed by atoms with E-state index in [1.54, 1.807) is 12.1 Å². The van der Waals surface area contributed by atoms with Gasteiger partial charge in [-0.1, -0.05) is 13.8 Å². The molecule has 0 spiro atoms. The normalized spacial score (nSPS) is 13.1. The maximum absolute atomic E-state index is 13.2. The zero-order chi connectivity index (χ0) is 17.5. The monoisotopic (exact) mass is 357 g/mol. The summed E-state index contributed by atoms with van der Waals surface area (Å²) in [5.41, 5.74) is -0.0254. The van der Waals surface area contributed by atoms with Crippen molar-refractivity contribution in [1.82, 2.24) is 24.6 Å². The average molecular weight is 357 g/mol. The van der Waals surface area contributed by atoms with Gasteiger partial charge in [-0.25, -0.2) is 9.97 Å². The number of hydrogen-bond acceptors (Lipinski definition) is 6. The Balaban J connectivity index is 2.21. The summed E-state index contributed by atoms with van der Waals surface area (Å²) in [6.07, 6.45) is -3.26. The summed E-state index contributed by atoms with van der Waals surface area (Å²) in [6.45, 7) is 3.65. The molecule has 0 atom stereocenters. The van der Waals surface area contributed by atoms with E-state index in [1.807, 2.05) is 13.8 Å². The van der Waals surface area contributed by atoms with Gasteiger partial charge in [-0.3, -0.25) is 4.40 Å². The van der Waals surface area contributed by atoms with Gasteiger partial charge in [-0.15, -0.1) is 22.0 Å². The summed E-state index contributed by atoms with van der Waals surface area (Å²) < 4.78 is 40.6. The molecule has 0 aliphatic carbocycles. The summed E-state index contributed by atoms with van der Waals surface area (Å²) in [5, 5.41) is 16.6. The van der Waals surface area contributed by atoms with Crippen molar-refractivity contribution in [1.29, 1.82) is 0 Å². The van der Waals surface area contributed by atoms with E-state index < -0.39 is 17.4 Å². The number of fused-ring (bicyclic) bond motifs is 3. The minimum absolute atomic E-state index is 0.00673. The van der Waals surface area contributed by atoms with Crippen LogP contribution in [0, 0.1) is 5.41 Å². The Labute approximate surface area is 139 Å². The Kier molecular flexibility index (Phi) is 4.12. The molecule has 0 aliphatic heterocycles. The number of rotatable bonds is 4. The number of aromatic nitrogens is 5. The lowest BCUT2D eigenvalue weighted by atomic mass is 9.98. The molecule has 1 N–H and O–H groups in total. The first-order chi connectivity index (χ1) is 11.2. The SMILES string of the molecule is CC(C)(CO)CSc1nc2cccnc2n2c(C(F)(F)F)nnc12. The van der Waals surface area contributed by atoms with Gasteiger partial charge in [0, 0.05) is 18.6 Å². The fourth-order valence-electron chi connectivity index (χ4n) is 2.02. The quantitative estimate of drug-likeness (QED) is 0.724. The fourth-order valence-corrected chi connectivity index (χ4v) is 3.06. The number of pyridine rings is 1.